The number of hydrogen-bond donors (Lipinski definition) is 1. The van der Waals surface area contributed by atoms with Gasteiger partial charge in [0, 0.05) is 36.3 Å². The van der Waals surface area contributed by atoms with E-state index in [0.29, 0.717) is 37.1 Å². The Labute approximate surface area is 204 Å². The number of rotatable bonds is 5. The van der Waals surface area contributed by atoms with Crippen LogP contribution in [-0.2, 0) is 4.79 Å². The Morgan fingerprint density at radius 2 is 1.63 bits per heavy atom. The Morgan fingerprint density at radius 3 is 2.29 bits per heavy atom. The summed E-state index contributed by atoms with van der Waals surface area (Å²) in [7, 11) is 0. The molecular weight excluding hydrogens is 438 g/mol. The minimum Gasteiger partial charge on any atom is -0.339 e. The highest BCUT2D eigenvalue weighted by atomic mass is 16.2. The molecule has 0 atom stereocenters. The molecule has 0 saturated carbocycles. The van der Waals surface area contributed by atoms with E-state index in [-0.39, 0.29) is 23.8 Å². The van der Waals surface area contributed by atoms with Gasteiger partial charge in [-0.05, 0) is 44.9 Å². The fourth-order valence-electron chi connectivity index (χ4n) is 4.61. The molecule has 2 amide bonds. The molecule has 5 rings (SSSR count). The van der Waals surface area contributed by atoms with Gasteiger partial charge in [0.05, 0.1) is 22.8 Å². The third-order valence-corrected chi connectivity index (χ3v) is 6.55. The molecule has 178 valence electrons. The molecular formula is C28H29N5O2. The van der Waals surface area contributed by atoms with Crippen molar-refractivity contribution in [2.24, 2.45) is 5.92 Å². The molecule has 2 aromatic heterocycles. The Hall–Kier alpha value is -4.00. The number of anilines is 1. The molecule has 7 nitrogen and oxygen atoms in total. The number of carbonyl (C=O) groups is 2. The van der Waals surface area contributed by atoms with E-state index in [9.17, 15) is 9.59 Å². The first kappa shape index (κ1) is 22.8. The van der Waals surface area contributed by atoms with E-state index in [1.807, 2.05) is 76.3 Å². The van der Waals surface area contributed by atoms with Gasteiger partial charge in [0.25, 0.3) is 5.91 Å². The van der Waals surface area contributed by atoms with Gasteiger partial charge in [-0.25, -0.2) is 9.67 Å². The smallest absolute Gasteiger partial charge is 0.254 e. The van der Waals surface area contributed by atoms with E-state index in [0.717, 1.165) is 22.3 Å². The van der Waals surface area contributed by atoms with Gasteiger partial charge in [0.2, 0.25) is 5.91 Å². The first-order valence-corrected chi connectivity index (χ1v) is 12.1. The van der Waals surface area contributed by atoms with Crippen LogP contribution >= 0.6 is 0 Å². The van der Waals surface area contributed by atoms with Crippen molar-refractivity contribution >= 4 is 28.5 Å². The van der Waals surface area contributed by atoms with Crippen LogP contribution in [0.2, 0.25) is 0 Å². The summed E-state index contributed by atoms with van der Waals surface area (Å²) in [5.74, 6) is -0.140. The zero-order chi connectivity index (χ0) is 24.4. The lowest BCUT2D eigenvalue weighted by molar-refractivity contribution is -0.121. The molecule has 0 bridgehead atoms. The lowest BCUT2D eigenvalue weighted by atomic mass is 9.95. The van der Waals surface area contributed by atoms with Crippen molar-refractivity contribution in [2.75, 3.05) is 18.4 Å². The molecule has 0 radical (unpaired) electrons. The molecule has 0 unspecified atom stereocenters. The second-order valence-corrected chi connectivity index (χ2v) is 9.26. The second-order valence-electron chi connectivity index (χ2n) is 9.26. The summed E-state index contributed by atoms with van der Waals surface area (Å²) >= 11 is 0. The number of nitrogens with one attached hydrogen (secondary N) is 1. The molecule has 1 N–H and O–H groups in total. The number of hydrogen-bond acceptors (Lipinski definition) is 4. The second kappa shape index (κ2) is 9.70. The van der Waals surface area contributed by atoms with Crippen LogP contribution < -0.4 is 5.32 Å². The van der Waals surface area contributed by atoms with E-state index in [1.165, 1.54) is 0 Å². The molecule has 1 aliphatic rings. The van der Waals surface area contributed by atoms with Crippen LogP contribution in [-0.4, -0.2) is 44.6 Å². The van der Waals surface area contributed by atoms with Crippen molar-refractivity contribution in [3.8, 4) is 11.3 Å². The predicted octanol–water partition coefficient (Wildman–Crippen LogP) is 5.17. The number of benzene rings is 2. The first-order chi connectivity index (χ1) is 17.0. The number of nitrogens with zero attached hydrogens (tertiary/aromatic N) is 4. The summed E-state index contributed by atoms with van der Waals surface area (Å²) in [6.07, 6.45) is 3.01. The van der Waals surface area contributed by atoms with E-state index in [4.69, 9.17) is 4.98 Å². The highest BCUT2D eigenvalue weighted by Crippen LogP contribution is 2.29. The largest absolute Gasteiger partial charge is 0.339 e. The SMILES string of the molecule is CC(C)n1ncc2c(C(=O)N3CCC(C(=O)Nc4ccccc4)CC3)cc(-c3ccccc3)nc21. The number of fused-ring (bicyclic) bond motifs is 1. The average molecular weight is 468 g/mol. The normalized spacial score (nSPS) is 14.4. The summed E-state index contributed by atoms with van der Waals surface area (Å²) < 4.78 is 1.86. The van der Waals surface area contributed by atoms with Gasteiger partial charge in [-0.3, -0.25) is 9.59 Å². The van der Waals surface area contributed by atoms with Crippen molar-refractivity contribution in [1.29, 1.82) is 0 Å². The number of likely N-dealkylation sites (tertiary alicyclic amines) is 1. The van der Waals surface area contributed by atoms with Crippen molar-refractivity contribution in [2.45, 2.75) is 32.7 Å². The van der Waals surface area contributed by atoms with E-state index in [2.05, 4.69) is 24.3 Å². The first-order valence-electron chi connectivity index (χ1n) is 12.1. The predicted molar refractivity (Wildman–Crippen MR) is 137 cm³/mol. The minimum absolute atomic E-state index is 0.0131. The van der Waals surface area contributed by atoms with Crippen molar-refractivity contribution in [3.63, 3.8) is 0 Å². The molecule has 3 heterocycles. The number of para-hydroxylation sites is 1. The monoisotopic (exact) mass is 467 g/mol. The third kappa shape index (κ3) is 4.67. The molecule has 1 fully saturated rings. The molecule has 1 saturated heterocycles. The van der Waals surface area contributed by atoms with Crippen molar-refractivity contribution in [1.82, 2.24) is 19.7 Å². The van der Waals surface area contributed by atoms with Gasteiger partial charge in [0.1, 0.15) is 0 Å². The summed E-state index contributed by atoms with van der Waals surface area (Å²) in [4.78, 5) is 33.1. The van der Waals surface area contributed by atoms with Gasteiger partial charge >= 0.3 is 0 Å². The number of aromatic nitrogens is 3. The maximum absolute atomic E-state index is 13.7. The van der Waals surface area contributed by atoms with Crippen LogP contribution in [0.3, 0.4) is 0 Å². The summed E-state index contributed by atoms with van der Waals surface area (Å²) in [5.41, 5.74) is 3.82. The van der Waals surface area contributed by atoms with Gasteiger partial charge in [-0.1, -0.05) is 48.5 Å². The van der Waals surface area contributed by atoms with Crippen LogP contribution in [0.4, 0.5) is 5.69 Å². The maximum Gasteiger partial charge on any atom is 0.254 e. The number of amides is 2. The van der Waals surface area contributed by atoms with Crippen LogP contribution in [0.25, 0.3) is 22.3 Å². The average Bonchev–Trinajstić information content (AvgIpc) is 3.33. The highest BCUT2D eigenvalue weighted by molar-refractivity contribution is 6.06. The Kier molecular flexibility index (Phi) is 6.31. The molecule has 35 heavy (non-hydrogen) atoms. The molecule has 2 aromatic carbocycles. The van der Waals surface area contributed by atoms with Gasteiger partial charge in [0.15, 0.2) is 5.65 Å². The molecule has 0 aliphatic carbocycles. The van der Waals surface area contributed by atoms with Crippen LogP contribution in [0.1, 0.15) is 43.1 Å². The zero-order valence-corrected chi connectivity index (χ0v) is 20.0. The quantitative estimate of drug-likeness (QED) is 0.439. The van der Waals surface area contributed by atoms with Crippen LogP contribution in [0.5, 0.6) is 0 Å². The molecule has 0 spiro atoms. The lowest BCUT2D eigenvalue weighted by Crippen LogP contribution is -2.41. The van der Waals surface area contributed by atoms with Crippen LogP contribution in [0, 0.1) is 5.92 Å². The van der Waals surface area contributed by atoms with E-state index >= 15 is 0 Å². The zero-order valence-electron chi connectivity index (χ0n) is 20.0. The third-order valence-electron chi connectivity index (χ3n) is 6.55. The fraction of sp³-hybridized carbons (Fsp3) is 0.286. The van der Waals surface area contributed by atoms with Gasteiger partial charge < -0.3 is 10.2 Å². The van der Waals surface area contributed by atoms with Crippen molar-refractivity contribution in [3.05, 3.63) is 78.5 Å². The Bertz CT molecular complexity index is 1340. The van der Waals surface area contributed by atoms with Gasteiger partial charge in [-0.15, -0.1) is 0 Å². The standard InChI is InChI=1S/C28H29N5O2/c1-19(2)33-26-24(18-29-33)23(17-25(31-26)20-9-5-3-6-10-20)28(35)32-15-13-21(14-16-32)27(34)30-22-11-7-4-8-12-22/h3-12,17-19,21H,13-16H2,1-2H3,(H,30,34). The molecule has 4 aromatic rings. The number of piperidine rings is 1. The maximum atomic E-state index is 13.7. The Morgan fingerprint density at radius 1 is 0.971 bits per heavy atom. The Balaban J connectivity index is 1.38. The van der Waals surface area contributed by atoms with Gasteiger partial charge in [-0.2, -0.15) is 5.10 Å². The topological polar surface area (TPSA) is 80.1 Å². The van der Waals surface area contributed by atoms with Crippen molar-refractivity contribution < 1.29 is 9.59 Å². The number of carbonyl (C=O) groups excluding carboxylic acids is 2. The summed E-state index contributed by atoms with van der Waals surface area (Å²) in [5, 5.41) is 8.27. The number of pyridine rings is 1. The molecule has 1 aliphatic heterocycles. The van der Waals surface area contributed by atoms with Crippen LogP contribution in [0.15, 0.2) is 72.9 Å². The molecule has 7 heteroatoms. The van der Waals surface area contributed by atoms with E-state index < -0.39 is 0 Å². The fourth-order valence-corrected chi connectivity index (χ4v) is 4.61. The van der Waals surface area contributed by atoms with E-state index in [1.54, 1.807) is 6.20 Å². The lowest BCUT2D eigenvalue weighted by Gasteiger charge is -2.31. The minimum atomic E-state index is -0.111. The highest BCUT2D eigenvalue weighted by Gasteiger charge is 2.29. The summed E-state index contributed by atoms with van der Waals surface area (Å²) in [6, 6.07) is 21.4. The summed E-state index contributed by atoms with van der Waals surface area (Å²) in [6.45, 7) is 5.18.